The molecule has 2 rings (SSSR count). The van der Waals surface area contributed by atoms with Gasteiger partial charge in [-0.15, -0.1) is 0 Å². The maximum absolute atomic E-state index is 12.0. The largest absolute Gasteiger partial charge is 0.481 e. The van der Waals surface area contributed by atoms with Gasteiger partial charge in [0.1, 0.15) is 5.76 Å². The Hall–Kier alpha value is -1.82. The van der Waals surface area contributed by atoms with Gasteiger partial charge in [-0.1, -0.05) is 0 Å². The highest BCUT2D eigenvalue weighted by molar-refractivity contribution is 5.78. The molecule has 0 saturated carbocycles. The number of carbonyl (C=O) groups is 2. The fraction of sp³-hybridized carbons (Fsp3) is 0.600. The molecule has 0 aliphatic carbocycles. The smallest absolute Gasteiger partial charge is 0.309 e. The van der Waals surface area contributed by atoms with Crippen LogP contribution in [0.25, 0.3) is 0 Å². The fourth-order valence-corrected chi connectivity index (χ4v) is 2.52. The van der Waals surface area contributed by atoms with Gasteiger partial charge in [0.2, 0.25) is 5.91 Å². The van der Waals surface area contributed by atoms with Crippen LogP contribution < -0.4 is 5.32 Å². The van der Waals surface area contributed by atoms with E-state index in [1.54, 1.807) is 19.3 Å². The van der Waals surface area contributed by atoms with E-state index in [2.05, 4.69) is 5.32 Å². The number of nitrogens with one attached hydrogen (secondary N) is 1. The molecule has 2 heterocycles. The van der Waals surface area contributed by atoms with E-state index in [-0.39, 0.29) is 11.9 Å². The SMILES string of the molecule is CC(NC(=O)CN1CCC(C)(C(=O)O)CC1)c1ccco1. The van der Waals surface area contributed by atoms with Crippen LogP contribution >= 0.6 is 0 Å². The predicted molar refractivity (Wildman–Crippen MR) is 76.7 cm³/mol. The van der Waals surface area contributed by atoms with Crippen molar-refractivity contribution in [3.63, 3.8) is 0 Å². The molecule has 1 amide bonds. The van der Waals surface area contributed by atoms with Gasteiger partial charge in [-0.25, -0.2) is 0 Å². The molecular weight excluding hydrogens is 272 g/mol. The van der Waals surface area contributed by atoms with Crippen LogP contribution in [0.5, 0.6) is 0 Å². The van der Waals surface area contributed by atoms with Crippen LogP contribution in [0.2, 0.25) is 0 Å². The van der Waals surface area contributed by atoms with Crippen LogP contribution in [0.15, 0.2) is 22.8 Å². The lowest BCUT2D eigenvalue weighted by molar-refractivity contribution is -0.150. The molecule has 0 bridgehead atoms. The topological polar surface area (TPSA) is 82.8 Å². The van der Waals surface area contributed by atoms with Gasteiger partial charge >= 0.3 is 5.97 Å². The second-order valence-corrected chi connectivity index (χ2v) is 5.95. The van der Waals surface area contributed by atoms with Crippen LogP contribution in [0.4, 0.5) is 0 Å². The average molecular weight is 294 g/mol. The fourth-order valence-electron chi connectivity index (χ4n) is 2.52. The van der Waals surface area contributed by atoms with Crippen molar-refractivity contribution in [2.45, 2.75) is 32.7 Å². The minimum absolute atomic E-state index is 0.0715. The molecule has 6 heteroatoms. The highest BCUT2D eigenvalue weighted by Crippen LogP contribution is 2.30. The first-order valence-electron chi connectivity index (χ1n) is 7.19. The number of nitrogens with zero attached hydrogens (tertiary/aromatic N) is 1. The van der Waals surface area contributed by atoms with E-state index < -0.39 is 11.4 Å². The minimum atomic E-state index is -0.752. The van der Waals surface area contributed by atoms with Gasteiger partial charge in [-0.05, 0) is 51.9 Å². The maximum atomic E-state index is 12.0. The molecule has 1 unspecified atom stereocenters. The number of carbonyl (C=O) groups excluding carboxylic acids is 1. The first-order valence-corrected chi connectivity index (χ1v) is 7.19. The molecule has 1 fully saturated rings. The number of amides is 1. The minimum Gasteiger partial charge on any atom is -0.481 e. The summed E-state index contributed by atoms with van der Waals surface area (Å²) in [6, 6.07) is 3.45. The Morgan fingerprint density at radius 2 is 2.14 bits per heavy atom. The summed E-state index contributed by atoms with van der Waals surface area (Å²) in [5.74, 6) is -0.101. The normalized spacial score (nSPS) is 19.9. The van der Waals surface area contributed by atoms with Crippen molar-refractivity contribution in [1.29, 1.82) is 0 Å². The molecule has 2 N–H and O–H groups in total. The summed E-state index contributed by atoms with van der Waals surface area (Å²) in [6.45, 7) is 5.19. The van der Waals surface area contributed by atoms with Gasteiger partial charge in [0.15, 0.2) is 0 Å². The van der Waals surface area contributed by atoms with Gasteiger partial charge < -0.3 is 14.8 Å². The molecule has 1 saturated heterocycles. The molecule has 1 atom stereocenters. The van der Waals surface area contributed by atoms with Crippen LogP contribution in [0.3, 0.4) is 0 Å². The maximum Gasteiger partial charge on any atom is 0.309 e. The van der Waals surface area contributed by atoms with Crippen molar-refractivity contribution >= 4 is 11.9 Å². The summed E-state index contributed by atoms with van der Waals surface area (Å²) in [7, 11) is 0. The van der Waals surface area contributed by atoms with Gasteiger partial charge in [0.25, 0.3) is 0 Å². The zero-order chi connectivity index (χ0) is 15.5. The van der Waals surface area contributed by atoms with E-state index in [0.29, 0.717) is 32.5 Å². The van der Waals surface area contributed by atoms with E-state index >= 15 is 0 Å². The third-order valence-corrected chi connectivity index (χ3v) is 4.19. The molecule has 0 aromatic carbocycles. The molecule has 1 aromatic heterocycles. The van der Waals surface area contributed by atoms with Crippen LogP contribution in [-0.2, 0) is 9.59 Å². The second kappa shape index (κ2) is 6.30. The average Bonchev–Trinajstić information content (AvgIpc) is 2.95. The van der Waals surface area contributed by atoms with Crippen molar-refractivity contribution < 1.29 is 19.1 Å². The number of rotatable bonds is 5. The Morgan fingerprint density at radius 3 is 2.67 bits per heavy atom. The Labute approximate surface area is 124 Å². The first-order chi connectivity index (χ1) is 9.90. The number of hydrogen-bond acceptors (Lipinski definition) is 4. The summed E-state index contributed by atoms with van der Waals surface area (Å²) < 4.78 is 5.25. The summed E-state index contributed by atoms with van der Waals surface area (Å²) >= 11 is 0. The summed E-state index contributed by atoms with van der Waals surface area (Å²) in [4.78, 5) is 25.2. The molecular formula is C15H22N2O4. The summed E-state index contributed by atoms with van der Waals surface area (Å²) in [5, 5.41) is 12.1. The molecule has 0 radical (unpaired) electrons. The Kier molecular flexibility index (Phi) is 4.67. The third kappa shape index (κ3) is 3.85. The van der Waals surface area contributed by atoms with Crippen LogP contribution in [0, 0.1) is 5.41 Å². The van der Waals surface area contributed by atoms with E-state index in [9.17, 15) is 14.7 Å². The zero-order valence-electron chi connectivity index (χ0n) is 12.5. The van der Waals surface area contributed by atoms with Crippen molar-refractivity contribution in [3.8, 4) is 0 Å². The highest BCUT2D eigenvalue weighted by atomic mass is 16.4. The number of likely N-dealkylation sites (tertiary alicyclic amines) is 1. The monoisotopic (exact) mass is 294 g/mol. The lowest BCUT2D eigenvalue weighted by Gasteiger charge is -2.36. The molecule has 1 aliphatic rings. The van der Waals surface area contributed by atoms with Crippen LogP contribution in [0.1, 0.15) is 38.5 Å². The molecule has 116 valence electrons. The lowest BCUT2D eigenvalue weighted by Crippen LogP contribution is -2.46. The number of furan rings is 1. The zero-order valence-corrected chi connectivity index (χ0v) is 12.5. The Bertz CT molecular complexity index is 490. The van der Waals surface area contributed by atoms with E-state index in [1.165, 1.54) is 0 Å². The highest BCUT2D eigenvalue weighted by Gasteiger charge is 2.37. The number of carboxylic acid groups (broad SMARTS) is 1. The van der Waals surface area contributed by atoms with E-state index in [1.807, 2.05) is 17.9 Å². The van der Waals surface area contributed by atoms with Gasteiger partial charge in [-0.3, -0.25) is 14.5 Å². The van der Waals surface area contributed by atoms with Gasteiger partial charge in [0.05, 0.1) is 24.3 Å². The molecule has 1 aromatic rings. The number of carboxylic acids is 1. The van der Waals surface area contributed by atoms with Crippen molar-refractivity contribution in [2.24, 2.45) is 5.41 Å². The molecule has 0 spiro atoms. The van der Waals surface area contributed by atoms with Gasteiger partial charge in [0, 0.05) is 0 Å². The summed E-state index contributed by atoms with van der Waals surface area (Å²) in [6.07, 6.45) is 2.72. The van der Waals surface area contributed by atoms with Crippen molar-refractivity contribution in [3.05, 3.63) is 24.2 Å². The second-order valence-electron chi connectivity index (χ2n) is 5.95. The number of hydrogen-bond donors (Lipinski definition) is 2. The quantitative estimate of drug-likeness (QED) is 0.862. The predicted octanol–water partition coefficient (Wildman–Crippen LogP) is 1.64. The summed E-state index contributed by atoms with van der Waals surface area (Å²) in [5.41, 5.74) is -0.658. The first kappa shape index (κ1) is 15.6. The molecule has 1 aliphatic heterocycles. The van der Waals surface area contributed by atoms with E-state index in [0.717, 1.165) is 5.76 Å². The molecule has 21 heavy (non-hydrogen) atoms. The number of piperidine rings is 1. The Balaban J connectivity index is 1.78. The standard InChI is InChI=1S/C15H22N2O4/c1-11(12-4-3-9-21-12)16-13(18)10-17-7-5-15(2,6-8-17)14(19)20/h3-4,9,11H,5-8,10H2,1-2H3,(H,16,18)(H,19,20). The lowest BCUT2D eigenvalue weighted by atomic mass is 9.80. The van der Waals surface area contributed by atoms with Crippen molar-refractivity contribution in [2.75, 3.05) is 19.6 Å². The third-order valence-electron chi connectivity index (χ3n) is 4.19. The number of aliphatic carboxylic acids is 1. The Morgan fingerprint density at radius 1 is 1.48 bits per heavy atom. The van der Waals surface area contributed by atoms with E-state index in [4.69, 9.17) is 4.42 Å². The molecule has 6 nitrogen and oxygen atoms in total. The van der Waals surface area contributed by atoms with Crippen molar-refractivity contribution in [1.82, 2.24) is 10.2 Å². The van der Waals surface area contributed by atoms with Gasteiger partial charge in [-0.2, -0.15) is 0 Å². The van der Waals surface area contributed by atoms with Crippen LogP contribution in [-0.4, -0.2) is 41.5 Å².